The molecule has 1 aromatic rings. The number of hydrogen-bond acceptors (Lipinski definition) is 5. The van der Waals surface area contributed by atoms with Crippen LogP contribution >= 0.6 is 0 Å². The molecule has 5 N–H and O–H groups in total. The summed E-state index contributed by atoms with van der Waals surface area (Å²) in [4.78, 5) is 38.7. The molecular formula is C13H16F3N5O4. The number of aromatic carboxylic acids is 1. The number of aromatic nitrogens is 2. The van der Waals surface area contributed by atoms with E-state index in [2.05, 4.69) is 4.98 Å². The predicted molar refractivity (Wildman–Crippen MR) is 76.0 cm³/mol. The fourth-order valence-corrected chi connectivity index (χ4v) is 2.59. The van der Waals surface area contributed by atoms with Gasteiger partial charge in [0.05, 0.1) is 12.6 Å². The first-order valence-electron chi connectivity index (χ1n) is 7.25. The molecule has 0 saturated carbocycles. The summed E-state index contributed by atoms with van der Waals surface area (Å²) < 4.78 is 39.8. The zero-order valence-corrected chi connectivity index (χ0v) is 12.9. The van der Waals surface area contributed by atoms with Crippen molar-refractivity contribution in [3.8, 4) is 0 Å². The largest absolute Gasteiger partial charge is 0.477 e. The van der Waals surface area contributed by atoms with Crippen molar-refractivity contribution in [1.82, 2.24) is 14.5 Å². The van der Waals surface area contributed by atoms with Crippen LogP contribution in [0.2, 0.25) is 0 Å². The van der Waals surface area contributed by atoms with Gasteiger partial charge in [-0.25, -0.2) is 9.78 Å². The molecule has 1 aliphatic rings. The van der Waals surface area contributed by atoms with E-state index in [1.54, 1.807) is 0 Å². The summed E-state index contributed by atoms with van der Waals surface area (Å²) in [5, 5.41) is 9.05. The van der Waals surface area contributed by atoms with E-state index in [0.29, 0.717) is 0 Å². The maximum atomic E-state index is 13.0. The number of imidazole rings is 1. The Balaban J connectivity index is 2.23. The number of fused-ring (bicyclic) bond motifs is 1. The predicted octanol–water partition coefficient (Wildman–Crippen LogP) is -0.465. The van der Waals surface area contributed by atoms with Gasteiger partial charge in [-0.1, -0.05) is 0 Å². The highest BCUT2D eigenvalue weighted by atomic mass is 19.4. The van der Waals surface area contributed by atoms with Crippen LogP contribution in [0.4, 0.5) is 13.2 Å². The van der Waals surface area contributed by atoms with E-state index in [1.807, 2.05) is 0 Å². The van der Waals surface area contributed by atoms with Gasteiger partial charge in [-0.05, 0) is 6.42 Å². The molecule has 138 valence electrons. The van der Waals surface area contributed by atoms with Crippen LogP contribution in [0.25, 0.3) is 0 Å². The molecular weight excluding hydrogens is 347 g/mol. The molecule has 0 aliphatic carbocycles. The Morgan fingerprint density at radius 3 is 2.44 bits per heavy atom. The summed E-state index contributed by atoms with van der Waals surface area (Å²) in [5.41, 5.74) is 8.20. The second-order valence-electron chi connectivity index (χ2n) is 5.55. The standard InChI is InChI=1S/C13H16F3N5O4/c14-13(15,16)10-9(12(24)25)21-4-3-20(5-8(21)19-10)11(23)6(17)1-2-7(18)22/h6H,1-5,17H2,(H2,18,22)(H,24,25)/t6-/m0/s1. The van der Waals surface area contributed by atoms with E-state index >= 15 is 0 Å². The molecule has 1 aromatic heterocycles. The number of carbonyl (C=O) groups excluding carboxylic acids is 2. The molecule has 25 heavy (non-hydrogen) atoms. The van der Waals surface area contributed by atoms with Crippen LogP contribution in [0, 0.1) is 0 Å². The van der Waals surface area contributed by atoms with Crippen LogP contribution in [-0.4, -0.2) is 49.9 Å². The van der Waals surface area contributed by atoms with Gasteiger partial charge in [0.25, 0.3) is 0 Å². The highest BCUT2D eigenvalue weighted by Gasteiger charge is 2.42. The molecule has 9 nitrogen and oxygen atoms in total. The van der Waals surface area contributed by atoms with Gasteiger partial charge in [-0.3, -0.25) is 9.59 Å². The third kappa shape index (κ3) is 3.90. The van der Waals surface area contributed by atoms with E-state index in [4.69, 9.17) is 16.6 Å². The lowest BCUT2D eigenvalue weighted by Crippen LogP contribution is -2.47. The smallest absolute Gasteiger partial charge is 0.435 e. The van der Waals surface area contributed by atoms with E-state index in [0.717, 1.165) is 4.57 Å². The molecule has 1 atom stereocenters. The van der Waals surface area contributed by atoms with Crippen LogP contribution in [0.1, 0.15) is 34.8 Å². The van der Waals surface area contributed by atoms with Gasteiger partial charge in [-0.2, -0.15) is 13.2 Å². The van der Waals surface area contributed by atoms with Crippen molar-refractivity contribution in [2.24, 2.45) is 11.5 Å². The first-order chi connectivity index (χ1) is 11.5. The molecule has 1 aliphatic heterocycles. The summed E-state index contributed by atoms with van der Waals surface area (Å²) in [6.45, 7) is -0.488. The van der Waals surface area contributed by atoms with Crippen molar-refractivity contribution in [1.29, 1.82) is 0 Å². The third-order valence-corrected chi connectivity index (χ3v) is 3.77. The summed E-state index contributed by atoms with van der Waals surface area (Å²) in [7, 11) is 0. The number of carboxylic acid groups (broad SMARTS) is 1. The molecule has 0 spiro atoms. The molecule has 0 saturated heterocycles. The number of alkyl halides is 3. The lowest BCUT2D eigenvalue weighted by Gasteiger charge is -2.30. The maximum Gasteiger partial charge on any atom is 0.435 e. The Bertz CT molecular complexity index is 715. The summed E-state index contributed by atoms with van der Waals surface area (Å²) in [6, 6.07) is -1.03. The number of rotatable bonds is 5. The zero-order chi connectivity index (χ0) is 18.9. The number of halogens is 3. The van der Waals surface area contributed by atoms with Crippen molar-refractivity contribution in [3.63, 3.8) is 0 Å². The lowest BCUT2D eigenvalue weighted by molar-refractivity contribution is -0.141. The normalized spacial score (nSPS) is 15.6. The summed E-state index contributed by atoms with van der Waals surface area (Å²) in [5.74, 6) is -3.13. The van der Waals surface area contributed by atoms with Crippen molar-refractivity contribution in [2.45, 2.75) is 38.1 Å². The van der Waals surface area contributed by atoms with Crippen LogP contribution in [-0.2, 0) is 28.9 Å². The van der Waals surface area contributed by atoms with Gasteiger partial charge in [0, 0.05) is 19.5 Å². The first-order valence-corrected chi connectivity index (χ1v) is 7.25. The topological polar surface area (TPSA) is 145 Å². The average molecular weight is 363 g/mol. The average Bonchev–Trinajstić information content (AvgIpc) is 2.90. The van der Waals surface area contributed by atoms with Crippen molar-refractivity contribution < 1.29 is 32.7 Å². The Hall–Kier alpha value is -2.63. The fourth-order valence-electron chi connectivity index (χ4n) is 2.59. The van der Waals surface area contributed by atoms with E-state index in [1.165, 1.54) is 4.90 Å². The summed E-state index contributed by atoms with van der Waals surface area (Å²) >= 11 is 0. The van der Waals surface area contributed by atoms with Crippen LogP contribution in [0.5, 0.6) is 0 Å². The number of primary amides is 1. The Labute approximate surface area is 139 Å². The third-order valence-electron chi connectivity index (χ3n) is 3.77. The lowest BCUT2D eigenvalue weighted by atomic mass is 10.1. The maximum absolute atomic E-state index is 13.0. The fraction of sp³-hybridized carbons (Fsp3) is 0.538. The number of amides is 2. The minimum absolute atomic E-state index is 0.00723. The second kappa shape index (κ2) is 6.70. The quantitative estimate of drug-likeness (QED) is 0.645. The van der Waals surface area contributed by atoms with Crippen molar-refractivity contribution >= 4 is 17.8 Å². The van der Waals surface area contributed by atoms with Gasteiger partial charge < -0.3 is 26.0 Å². The van der Waals surface area contributed by atoms with E-state index in [9.17, 15) is 27.6 Å². The van der Waals surface area contributed by atoms with Gasteiger partial charge in [0.1, 0.15) is 5.82 Å². The molecule has 2 heterocycles. The Morgan fingerprint density at radius 1 is 1.28 bits per heavy atom. The van der Waals surface area contributed by atoms with Gasteiger partial charge in [0.2, 0.25) is 11.8 Å². The highest BCUT2D eigenvalue weighted by Crippen LogP contribution is 2.33. The first kappa shape index (κ1) is 18.7. The molecule has 0 fully saturated rings. The molecule has 2 rings (SSSR count). The molecule has 0 bridgehead atoms. The number of carbonyl (C=O) groups is 3. The van der Waals surface area contributed by atoms with Gasteiger partial charge in [-0.15, -0.1) is 0 Å². The summed E-state index contributed by atoms with van der Waals surface area (Å²) in [6.07, 6.45) is -5.02. The van der Waals surface area contributed by atoms with Gasteiger partial charge >= 0.3 is 12.1 Å². The molecule has 2 amide bonds. The second-order valence-corrected chi connectivity index (χ2v) is 5.55. The van der Waals surface area contributed by atoms with Crippen LogP contribution in [0.3, 0.4) is 0 Å². The SMILES string of the molecule is NC(=O)CC[C@H](N)C(=O)N1CCn2c(nc(C(F)(F)F)c2C(=O)O)C1. The minimum Gasteiger partial charge on any atom is -0.477 e. The van der Waals surface area contributed by atoms with E-state index < -0.39 is 41.4 Å². The van der Waals surface area contributed by atoms with Crippen LogP contribution in [0.15, 0.2) is 0 Å². The number of hydrogen-bond donors (Lipinski definition) is 3. The van der Waals surface area contributed by atoms with Crippen molar-refractivity contribution in [2.75, 3.05) is 6.54 Å². The Morgan fingerprint density at radius 2 is 1.92 bits per heavy atom. The molecule has 12 heteroatoms. The monoisotopic (exact) mass is 363 g/mol. The number of nitrogens with zero attached hydrogens (tertiary/aromatic N) is 3. The zero-order valence-electron chi connectivity index (χ0n) is 12.9. The molecule has 0 unspecified atom stereocenters. The van der Waals surface area contributed by atoms with E-state index in [-0.39, 0.29) is 38.3 Å². The van der Waals surface area contributed by atoms with Crippen LogP contribution < -0.4 is 11.5 Å². The molecule has 0 aromatic carbocycles. The minimum atomic E-state index is -4.93. The number of nitrogens with two attached hydrogens (primary N) is 2. The number of carboxylic acids is 1. The Kier molecular flexibility index (Phi) is 5.02. The molecule has 0 radical (unpaired) electrons. The van der Waals surface area contributed by atoms with Gasteiger partial charge in [0.15, 0.2) is 11.4 Å². The van der Waals surface area contributed by atoms with Crippen molar-refractivity contribution in [3.05, 3.63) is 17.2 Å². The highest BCUT2D eigenvalue weighted by molar-refractivity contribution is 5.88.